The average molecular weight is 218 g/mol. The third-order valence-corrected chi connectivity index (χ3v) is 2.96. The lowest BCUT2D eigenvalue weighted by atomic mass is 10.1. The molecule has 1 amide bonds. The molecule has 1 aromatic heterocycles. The molecule has 1 heterocycles. The molecular formula is C11H10N2OS. The van der Waals surface area contributed by atoms with Gasteiger partial charge in [-0.2, -0.15) is 0 Å². The molecule has 76 valence electrons. The van der Waals surface area contributed by atoms with E-state index in [4.69, 9.17) is 5.73 Å². The van der Waals surface area contributed by atoms with Crippen LogP contribution in [0, 0.1) is 0 Å². The summed E-state index contributed by atoms with van der Waals surface area (Å²) >= 11 is 1.29. The van der Waals surface area contributed by atoms with Gasteiger partial charge in [0, 0.05) is 6.42 Å². The average Bonchev–Trinajstić information content (AvgIpc) is 2.67. The summed E-state index contributed by atoms with van der Waals surface area (Å²) < 4.78 is 0. The highest BCUT2D eigenvalue weighted by Gasteiger charge is 2.11. The molecule has 0 aliphatic rings. The number of rotatable bonds is 3. The molecule has 0 aliphatic carbocycles. The molecule has 0 saturated heterocycles. The number of carbonyl (C=O) groups is 1. The summed E-state index contributed by atoms with van der Waals surface area (Å²) in [7, 11) is 0. The number of hydrogen-bond donors (Lipinski definition) is 1. The molecule has 2 rings (SSSR count). The number of aromatic nitrogens is 1. The van der Waals surface area contributed by atoms with Gasteiger partial charge in [0.2, 0.25) is 0 Å². The Morgan fingerprint density at radius 2 is 2.07 bits per heavy atom. The second kappa shape index (κ2) is 4.23. The van der Waals surface area contributed by atoms with Crippen LogP contribution in [-0.4, -0.2) is 10.9 Å². The van der Waals surface area contributed by atoms with Gasteiger partial charge in [-0.15, -0.1) is 11.3 Å². The predicted molar refractivity (Wildman–Crippen MR) is 59.9 cm³/mol. The molecule has 0 unspecified atom stereocenters. The van der Waals surface area contributed by atoms with E-state index in [1.807, 2.05) is 30.3 Å². The molecule has 3 nitrogen and oxygen atoms in total. The van der Waals surface area contributed by atoms with E-state index < -0.39 is 5.91 Å². The lowest BCUT2D eigenvalue weighted by Gasteiger charge is -1.99. The van der Waals surface area contributed by atoms with Crippen LogP contribution in [0.4, 0.5) is 0 Å². The van der Waals surface area contributed by atoms with E-state index in [-0.39, 0.29) is 0 Å². The normalized spacial score (nSPS) is 10.1. The zero-order chi connectivity index (χ0) is 10.7. The first kappa shape index (κ1) is 9.86. The van der Waals surface area contributed by atoms with Gasteiger partial charge in [-0.25, -0.2) is 4.98 Å². The quantitative estimate of drug-likeness (QED) is 0.854. The zero-order valence-corrected chi connectivity index (χ0v) is 8.83. The molecular weight excluding hydrogens is 208 g/mol. The zero-order valence-electron chi connectivity index (χ0n) is 8.01. The lowest BCUT2D eigenvalue weighted by Crippen LogP contribution is -2.11. The van der Waals surface area contributed by atoms with E-state index in [9.17, 15) is 4.79 Å². The van der Waals surface area contributed by atoms with Crippen LogP contribution in [0.3, 0.4) is 0 Å². The van der Waals surface area contributed by atoms with Gasteiger partial charge in [0.05, 0.1) is 11.2 Å². The number of carbonyl (C=O) groups excluding carboxylic acids is 1. The van der Waals surface area contributed by atoms with E-state index >= 15 is 0 Å². The maximum atomic E-state index is 11.1. The molecule has 2 aromatic rings. The Kier molecular flexibility index (Phi) is 2.78. The summed E-state index contributed by atoms with van der Waals surface area (Å²) in [6.07, 6.45) is 0.655. The Morgan fingerprint density at radius 1 is 1.33 bits per heavy atom. The third kappa shape index (κ3) is 2.22. The monoisotopic (exact) mass is 218 g/mol. The number of nitrogens with two attached hydrogens (primary N) is 1. The molecule has 1 aromatic carbocycles. The number of thiazole rings is 1. The van der Waals surface area contributed by atoms with Crippen LogP contribution in [0.2, 0.25) is 0 Å². The summed E-state index contributed by atoms with van der Waals surface area (Å²) in [6, 6.07) is 9.89. The van der Waals surface area contributed by atoms with E-state index in [1.165, 1.54) is 11.3 Å². The molecule has 0 fully saturated rings. The highest BCUT2D eigenvalue weighted by Crippen LogP contribution is 2.16. The van der Waals surface area contributed by atoms with Gasteiger partial charge >= 0.3 is 0 Å². The smallest absolute Gasteiger partial charge is 0.260 e. The summed E-state index contributed by atoms with van der Waals surface area (Å²) in [5.74, 6) is -0.400. The van der Waals surface area contributed by atoms with Crippen molar-refractivity contribution in [2.75, 3.05) is 0 Å². The van der Waals surface area contributed by atoms with Gasteiger partial charge in [-0.3, -0.25) is 4.79 Å². The number of amides is 1. The first-order chi connectivity index (χ1) is 7.27. The van der Waals surface area contributed by atoms with Crippen LogP contribution in [0.15, 0.2) is 35.8 Å². The largest absolute Gasteiger partial charge is 0.365 e. The molecule has 0 saturated carbocycles. The Bertz CT molecular complexity index is 464. The van der Waals surface area contributed by atoms with Crippen molar-refractivity contribution in [3.05, 3.63) is 52.0 Å². The second-order valence-corrected chi connectivity index (χ2v) is 4.01. The van der Waals surface area contributed by atoms with Crippen molar-refractivity contribution < 1.29 is 4.79 Å². The third-order valence-electron chi connectivity index (χ3n) is 2.08. The fraction of sp³-hybridized carbons (Fsp3) is 0.0909. The summed E-state index contributed by atoms with van der Waals surface area (Å²) in [5, 5.41) is 0. The molecule has 0 bridgehead atoms. The van der Waals surface area contributed by atoms with Crippen molar-refractivity contribution in [1.82, 2.24) is 4.98 Å². The molecule has 0 spiro atoms. The van der Waals surface area contributed by atoms with E-state index in [2.05, 4.69) is 4.98 Å². The van der Waals surface area contributed by atoms with Crippen molar-refractivity contribution in [2.24, 2.45) is 5.73 Å². The van der Waals surface area contributed by atoms with Crippen LogP contribution < -0.4 is 5.73 Å². The topological polar surface area (TPSA) is 56.0 Å². The van der Waals surface area contributed by atoms with Crippen molar-refractivity contribution in [3.63, 3.8) is 0 Å². The Morgan fingerprint density at radius 3 is 2.73 bits per heavy atom. The van der Waals surface area contributed by atoms with Gasteiger partial charge in [0.1, 0.15) is 4.88 Å². The first-order valence-corrected chi connectivity index (χ1v) is 5.41. The SMILES string of the molecule is NC(=O)c1scnc1Cc1ccccc1. The number of nitrogens with zero attached hydrogens (tertiary/aromatic N) is 1. The molecule has 0 atom stereocenters. The fourth-order valence-electron chi connectivity index (χ4n) is 1.38. The molecule has 15 heavy (non-hydrogen) atoms. The van der Waals surface area contributed by atoms with Crippen LogP contribution >= 0.6 is 11.3 Å². The van der Waals surface area contributed by atoms with Gasteiger partial charge in [0.25, 0.3) is 5.91 Å². The molecule has 2 N–H and O–H groups in total. The summed E-state index contributed by atoms with van der Waals surface area (Å²) in [6.45, 7) is 0. The van der Waals surface area contributed by atoms with E-state index in [0.29, 0.717) is 11.3 Å². The first-order valence-electron chi connectivity index (χ1n) is 4.53. The van der Waals surface area contributed by atoms with Crippen LogP contribution in [0.25, 0.3) is 0 Å². The Hall–Kier alpha value is -1.68. The molecule has 4 heteroatoms. The van der Waals surface area contributed by atoms with Crippen LogP contribution in [-0.2, 0) is 6.42 Å². The fourth-order valence-corrected chi connectivity index (χ4v) is 2.05. The van der Waals surface area contributed by atoms with Crippen LogP contribution in [0.1, 0.15) is 20.9 Å². The number of primary amides is 1. The number of hydrogen-bond acceptors (Lipinski definition) is 3. The standard InChI is InChI=1S/C11H10N2OS/c12-11(14)10-9(13-7-15-10)6-8-4-2-1-3-5-8/h1-5,7H,6H2,(H2,12,14). The van der Waals surface area contributed by atoms with Gasteiger partial charge in [-0.05, 0) is 5.56 Å². The van der Waals surface area contributed by atoms with Crippen molar-refractivity contribution >= 4 is 17.2 Å². The Balaban J connectivity index is 2.25. The van der Waals surface area contributed by atoms with E-state index in [1.54, 1.807) is 5.51 Å². The molecule has 0 aliphatic heterocycles. The highest BCUT2D eigenvalue weighted by molar-refractivity contribution is 7.11. The van der Waals surface area contributed by atoms with Crippen molar-refractivity contribution in [1.29, 1.82) is 0 Å². The number of benzene rings is 1. The highest BCUT2D eigenvalue weighted by atomic mass is 32.1. The predicted octanol–water partition coefficient (Wildman–Crippen LogP) is 1.83. The minimum atomic E-state index is -0.400. The van der Waals surface area contributed by atoms with E-state index in [0.717, 1.165) is 11.3 Å². The van der Waals surface area contributed by atoms with Crippen LogP contribution in [0.5, 0.6) is 0 Å². The van der Waals surface area contributed by atoms with Gasteiger partial charge < -0.3 is 5.73 Å². The van der Waals surface area contributed by atoms with Gasteiger partial charge in [-0.1, -0.05) is 30.3 Å². The lowest BCUT2D eigenvalue weighted by molar-refractivity contribution is 0.100. The van der Waals surface area contributed by atoms with Crippen molar-refractivity contribution in [2.45, 2.75) is 6.42 Å². The molecule has 0 radical (unpaired) electrons. The second-order valence-electron chi connectivity index (χ2n) is 3.15. The summed E-state index contributed by atoms with van der Waals surface area (Å²) in [5.41, 5.74) is 8.79. The minimum Gasteiger partial charge on any atom is -0.365 e. The van der Waals surface area contributed by atoms with Gasteiger partial charge in [0.15, 0.2) is 0 Å². The maximum absolute atomic E-state index is 11.1. The summed E-state index contributed by atoms with van der Waals surface area (Å²) in [4.78, 5) is 15.8. The minimum absolute atomic E-state index is 0.400. The maximum Gasteiger partial charge on any atom is 0.260 e. The van der Waals surface area contributed by atoms with Crippen molar-refractivity contribution in [3.8, 4) is 0 Å². The Labute approximate surface area is 91.6 Å².